The van der Waals surface area contributed by atoms with E-state index in [2.05, 4.69) is 25.0 Å². The van der Waals surface area contributed by atoms with Crippen molar-refractivity contribution in [1.82, 2.24) is 4.90 Å². The van der Waals surface area contributed by atoms with E-state index < -0.39 is 0 Å². The molecule has 0 aromatic heterocycles. The van der Waals surface area contributed by atoms with Gasteiger partial charge in [0.25, 0.3) is 0 Å². The van der Waals surface area contributed by atoms with E-state index in [1.807, 2.05) is 38.4 Å². The van der Waals surface area contributed by atoms with Crippen molar-refractivity contribution >= 4 is 0 Å². The lowest BCUT2D eigenvalue weighted by Gasteiger charge is -2.09. The van der Waals surface area contributed by atoms with Gasteiger partial charge in [-0.3, -0.25) is 0 Å². The molecule has 0 bridgehead atoms. The zero-order chi connectivity index (χ0) is 10.3. The van der Waals surface area contributed by atoms with Gasteiger partial charge in [0.15, 0.2) is 0 Å². The molecular formula is C12H19N. The summed E-state index contributed by atoms with van der Waals surface area (Å²) in [6.45, 7) is 12.8. The van der Waals surface area contributed by atoms with E-state index in [1.165, 1.54) is 0 Å². The molecule has 0 aliphatic rings. The number of hydrogen-bond acceptors (Lipinski definition) is 1. The largest absolute Gasteiger partial charge is 0.381 e. The minimum absolute atomic E-state index is 0.998. The van der Waals surface area contributed by atoms with E-state index in [0.717, 1.165) is 17.7 Å². The predicted octanol–water partition coefficient (Wildman–Crippen LogP) is 3.14. The van der Waals surface area contributed by atoms with Crippen molar-refractivity contribution in [2.24, 2.45) is 0 Å². The molecule has 0 saturated heterocycles. The molecule has 1 heteroatoms. The molecule has 13 heavy (non-hydrogen) atoms. The monoisotopic (exact) mass is 177 g/mol. The number of rotatable bonds is 5. The summed E-state index contributed by atoms with van der Waals surface area (Å²) in [6.07, 6.45) is 7.85. The smallest absolute Gasteiger partial charge is 0.0140 e. The molecule has 0 rings (SSSR count). The van der Waals surface area contributed by atoms with Gasteiger partial charge >= 0.3 is 0 Å². The maximum absolute atomic E-state index is 3.95. The van der Waals surface area contributed by atoms with E-state index in [-0.39, 0.29) is 0 Å². The fourth-order valence-electron chi connectivity index (χ4n) is 0.853. The molecule has 0 N–H and O–H groups in total. The second-order valence-electron chi connectivity index (χ2n) is 2.86. The Balaban J connectivity index is 4.30. The lowest BCUT2D eigenvalue weighted by Crippen LogP contribution is -2.08. The summed E-state index contributed by atoms with van der Waals surface area (Å²) in [4.78, 5) is 2.10. The molecule has 0 spiro atoms. The first-order chi connectivity index (χ1) is 6.15. The lowest BCUT2D eigenvalue weighted by molar-refractivity contribution is 0.484. The topological polar surface area (TPSA) is 3.24 Å². The van der Waals surface area contributed by atoms with E-state index >= 15 is 0 Å². The van der Waals surface area contributed by atoms with E-state index in [1.54, 1.807) is 0 Å². The molecule has 1 nitrogen and oxygen atoms in total. The first-order valence-corrected chi connectivity index (χ1v) is 4.52. The SMILES string of the molecule is C=C/C(=C\C)C(=C)C=CN(C)CC. The molecule has 0 saturated carbocycles. The standard InChI is InChI=1S/C12H19N/c1-6-12(7-2)11(4)9-10-13(5)8-3/h6-7,9-10H,1,4,8H2,2-3,5H3/b10-9?,12-7+. The third-order valence-corrected chi connectivity index (χ3v) is 1.93. The van der Waals surface area contributed by atoms with Crippen LogP contribution in [0.4, 0.5) is 0 Å². The van der Waals surface area contributed by atoms with Crippen LogP contribution in [0, 0.1) is 0 Å². The van der Waals surface area contributed by atoms with Crippen LogP contribution in [0.3, 0.4) is 0 Å². The minimum Gasteiger partial charge on any atom is -0.381 e. The maximum Gasteiger partial charge on any atom is 0.0140 e. The first-order valence-electron chi connectivity index (χ1n) is 4.52. The number of hydrogen-bond donors (Lipinski definition) is 0. The van der Waals surface area contributed by atoms with Crippen molar-refractivity contribution in [2.75, 3.05) is 13.6 Å². The quantitative estimate of drug-likeness (QED) is 0.583. The first kappa shape index (κ1) is 11.8. The third-order valence-electron chi connectivity index (χ3n) is 1.93. The molecule has 0 amide bonds. The molecular weight excluding hydrogens is 158 g/mol. The van der Waals surface area contributed by atoms with Gasteiger partial charge in [0.05, 0.1) is 0 Å². The van der Waals surface area contributed by atoms with E-state index in [0.29, 0.717) is 0 Å². The zero-order valence-corrected chi connectivity index (χ0v) is 8.88. The van der Waals surface area contributed by atoms with E-state index in [9.17, 15) is 0 Å². The van der Waals surface area contributed by atoms with Crippen molar-refractivity contribution in [3.63, 3.8) is 0 Å². The summed E-state index contributed by atoms with van der Waals surface area (Å²) in [5.41, 5.74) is 2.08. The van der Waals surface area contributed by atoms with Crippen LogP contribution in [0.1, 0.15) is 13.8 Å². The van der Waals surface area contributed by atoms with Crippen LogP contribution < -0.4 is 0 Å². The molecule has 72 valence electrons. The molecule has 0 aromatic carbocycles. The highest BCUT2D eigenvalue weighted by Crippen LogP contribution is 2.09. The van der Waals surface area contributed by atoms with Crippen LogP contribution in [0.5, 0.6) is 0 Å². The Morgan fingerprint density at radius 2 is 2.08 bits per heavy atom. The van der Waals surface area contributed by atoms with Crippen molar-refractivity contribution in [1.29, 1.82) is 0 Å². The van der Waals surface area contributed by atoms with Crippen LogP contribution in [-0.4, -0.2) is 18.5 Å². The average molecular weight is 177 g/mol. The number of nitrogens with zero attached hydrogens (tertiary/aromatic N) is 1. The van der Waals surface area contributed by atoms with Gasteiger partial charge in [-0.05, 0) is 37.3 Å². The Morgan fingerprint density at radius 1 is 1.46 bits per heavy atom. The Labute approximate surface area is 81.8 Å². The summed E-state index contributed by atoms with van der Waals surface area (Å²) < 4.78 is 0. The van der Waals surface area contributed by atoms with Crippen molar-refractivity contribution in [3.05, 3.63) is 48.7 Å². The fourth-order valence-corrected chi connectivity index (χ4v) is 0.853. The van der Waals surface area contributed by atoms with Gasteiger partial charge in [-0.25, -0.2) is 0 Å². The summed E-state index contributed by atoms with van der Waals surface area (Å²) >= 11 is 0. The normalized spacial score (nSPS) is 11.8. The molecule has 0 unspecified atom stereocenters. The molecule has 0 heterocycles. The van der Waals surface area contributed by atoms with Crippen molar-refractivity contribution in [3.8, 4) is 0 Å². The van der Waals surface area contributed by atoms with Crippen molar-refractivity contribution in [2.45, 2.75) is 13.8 Å². The molecule has 0 aromatic rings. The Bertz CT molecular complexity index is 234. The van der Waals surface area contributed by atoms with Gasteiger partial charge in [0, 0.05) is 13.6 Å². The van der Waals surface area contributed by atoms with Crippen LogP contribution >= 0.6 is 0 Å². The van der Waals surface area contributed by atoms with E-state index in [4.69, 9.17) is 0 Å². The van der Waals surface area contributed by atoms with Gasteiger partial charge in [-0.15, -0.1) is 0 Å². The molecule has 0 fully saturated rings. The predicted molar refractivity (Wildman–Crippen MR) is 60.5 cm³/mol. The minimum atomic E-state index is 0.998. The average Bonchev–Trinajstić information content (AvgIpc) is 2.16. The molecule has 0 radical (unpaired) electrons. The summed E-state index contributed by atoms with van der Waals surface area (Å²) in [6, 6.07) is 0. The van der Waals surface area contributed by atoms with Gasteiger partial charge < -0.3 is 4.90 Å². The lowest BCUT2D eigenvalue weighted by atomic mass is 10.1. The highest BCUT2D eigenvalue weighted by Gasteiger charge is 1.92. The third kappa shape index (κ3) is 4.36. The second kappa shape index (κ2) is 6.30. The fraction of sp³-hybridized carbons (Fsp3) is 0.333. The molecule has 0 aliphatic heterocycles. The van der Waals surface area contributed by atoms with Crippen LogP contribution in [-0.2, 0) is 0 Å². The highest BCUT2D eigenvalue weighted by atomic mass is 15.1. The maximum atomic E-state index is 3.95. The molecule has 0 atom stereocenters. The van der Waals surface area contributed by atoms with Gasteiger partial charge in [0.1, 0.15) is 0 Å². The van der Waals surface area contributed by atoms with Crippen molar-refractivity contribution < 1.29 is 0 Å². The second-order valence-corrected chi connectivity index (χ2v) is 2.86. The Morgan fingerprint density at radius 3 is 2.46 bits per heavy atom. The van der Waals surface area contributed by atoms with Crippen LogP contribution in [0.25, 0.3) is 0 Å². The van der Waals surface area contributed by atoms with Gasteiger partial charge in [-0.2, -0.15) is 0 Å². The highest BCUT2D eigenvalue weighted by molar-refractivity contribution is 5.43. The number of allylic oxidation sites excluding steroid dienone is 5. The van der Waals surface area contributed by atoms with Gasteiger partial charge in [0.2, 0.25) is 0 Å². The Hall–Kier alpha value is -1.24. The summed E-state index contributed by atoms with van der Waals surface area (Å²) in [7, 11) is 2.03. The summed E-state index contributed by atoms with van der Waals surface area (Å²) in [5.74, 6) is 0. The molecule has 0 aliphatic carbocycles. The zero-order valence-electron chi connectivity index (χ0n) is 8.88. The van der Waals surface area contributed by atoms with Crippen LogP contribution in [0.15, 0.2) is 48.7 Å². The van der Waals surface area contributed by atoms with Crippen LogP contribution in [0.2, 0.25) is 0 Å². The van der Waals surface area contributed by atoms with Gasteiger partial charge in [-0.1, -0.05) is 25.3 Å². The Kier molecular flexibility index (Phi) is 5.69. The summed E-state index contributed by atoms with van der Waals surface area (Å²) in [5, 5.41) is 0.